The molecule has 55 heavy (non-hydrogen) atoms. The number of esters is 1. The lowest BCUT2D eigenvalue weighted by molar-refractivity contribution is -0.147. The maximum Gasteiger partial charge on any atom is 0.472 e. The molecule has 0 aliphatic heterocycles. The van der Waals surface area contributed by atoms with Gasteiger partial charge < -0.3 is 20.1 Å². The van der Waals surface area contributed by atoms with Gasteiger partial charge in [0.15, 0.2) is 0 Å². The Hall–Kier alpha value is -1.77. The molecule has 322 valence electrons. The van der Waals surface area contributed by atoms with E-state index in [2.05, 4.69) is 55.6 Å². The van der Waals surface area contributed by atoms with Crippen LogP contribution in [0, 0.1) is 0 Å². The fourth-order valence-electron chi connectivity index (χ4n) is 6.11. The van der Waals surface area contributed by atoms with Gasteiger partial charge in [-0.05, 0) is 70.6 Å². The highest BCUT2D eigenvalue weighted by atomic mass is 31.2. The van der Waals surface area contributed by atoms with Gasteiger partial charge in [0.05, 0.1) is 13.2 Å². The van der Waals surface area contributed by atoms with Gasteiger partial charge in [0, 0.05) is 19.4 Å². The predicted octanol–water partition coefficient (Wildman–Crippen LogP) is 12.6. The second-order valence-corrected chi connectivity index (χ2v) is 16.5. The van der Waals surface area contributed by atoms with Crippen LogP contribution in [0.4, 0.5) is 0 Å². The van der Waals surface area contributed by atoms with Gasteiger partial charge in [0.25, 0.3) is 0 Å². The molecule has 0 aliphatic carbocycles. The van der Waals surface area contributed by atoms with Gasteiger partial charge in [-0.3, -0.25) is 18.6 Å². The molecule has 0 rings (SSSR count). The molecule has 9 nitrogen and oxygen atoms in total. The Morgan fingerprint density at radius 1 is 0.564 bits per heavy atom. The fraction of sp³-hybridized carbons (Fsp3) is 0.822. The van der Waals surface area contributed by atoms with Crippen LogP contribution in [0.25, 0.3) is 0 Å². The number of allylic oxidation sites excluding steroid dienone is 6. The minimum Gasteiger partial charge on any atom is -0.463 e. The number of hydrogen-bond donors (Lipinski definition) is 3. The molecule has 0 fully saturated rings. The number of phosphoric acid groups is 1. The minimum atomic E-state index is -4.42. The first-order valence-electron chi connectivity index (χ1n) is 22.5. The molecular formula is C45H84NO8P. The first-order valence-corrected chi connectivity index (χ1v) is 24.0. The first-order chi connectivity index (χ1) is 26.8. The molecule has 2 unspecified atom stereocenters. The molecule has 2 atom stereocenters. The first kappa shape index (κ1) is 53.2. The monoisotopic (exact) mass is 798 g/mol. The van der Waals surface area contributed by atoms with Gasteiger partial charge >= 0.3 is 13.8 Å². The SMILES string of the molecule is CCCCCC/C=C\C/C=C\CCCCCCCCCC(=O)OCC(O)COP(=O)(O)OCCNC(=O)CCCCCCC/C=C\CCCCCCCCC. The zero-order valence-corrected chi connectivity index (χ0v) is 36.3. The molecule has 3 N–H and O–H groups in total. The Morgan fingerprint density at radius 3 is 1.49 bits per heavy atom. The van der Waals surface area contributed by atoms with Crippen LogP contribution in [0.15, 0.2) is 36.5 Å². The highest BCUT2D eigenvalue weighted by molar-refractivity contribution is 7.47. The second kappa shape index (κ2) is 41.9. The van der Waals surface area contributed by atoms with Gasteiger partial charge in [0.1, 0.15) is 12.7 Å². The van der Waals surface area contributed by atoms with Crippen LogP contribution in [0.3, 0.4) is 0 Å². The highest BCUT2D eigenvalue weighted by Crippen LogP contribution is 2.42. The predicted molar refractivity (Wildman–Crippen MR) is 229 cm³/mol. The minimum absolute atomic E-state index is 0.0767. The summed E-state index contributed by atoms with van der Waals surface area (Å²) in [5.41, 5.74) is 0. The quantitative estimate of drug-likeness (QED) is 0.0241. The Morgan fingerprint density at radius 2 is 0.982 bits per heavy atom. The van der Waals surface area contributed by atoms with Crippen molar-refractivity contribution in [1.82, 2.24) is 5.32 Å². The molecule has 0 aliphatic rings. The number of nitrogens with one attached hydrogen (secondary N) is 1. The van der Waals surface area contributed by atoms with Crippen molar-refractivity contribution in [3.05, 3.63) is 36.5 Å². The smallest absolute Gasteiger partial charge is 0.463 e. The number of unbranched alkanes of at least 4 members (excludes halogenated alkanes) is 23. The Kier molecular flexibility index (Phi) is 40.5. The van der Waals surface area contributed by atoms with Gasteiger partial charge in [-0.25, -0.2) is 4.57 Å². The lowest BCUT2D eigenvalue weighted by atomic mass is 10.1. The number of carbonyl (C=O) groups is 2. The number of rotatable bonds is 42. The summed E-state index contributed by atoms with van der Waals surface area (Å²) in [6.07, 6.45) is 46.4. The van der Waals surface area contributed by atoms with Crippen molar-refractivity contribution in [1.29, 1.82) is 0 Å². The molecule has 0 aromatic carbocycles. The summed E-state index contributed by atoms with van der Waals surface area (Å²) in [5.74, 6) is -0.530. The van der Waals surface area contributed by atoms with Crippen molar-refractivity contribution in [3.63, 3.8) is 0 Å². The lowest BCUT2D eigenvalue weighted by Gasteiger charge is -2.15. The number of aliphatic hydroxyl groups is 1. The summed E-state index contributed by atoms with van der Waals surface area (Å²) in [4.78, 5) is 33.9. The lowest BCUT2D eigenvalue weighted by Crippen LogP contribution is -2.27. The van der Waals surface area contributed by atoms with Crippen molar-refractivity contribution in [3.8, 4) is 0 Å². The molecule has 10 heteroatoms. The number of hydrogen-bond acceptors (Lipinski definition) is 7. The summed E-state index contributed by atoms with van der Waals surface area (Å²) in [6, 6.07) is 0. The fourth-order valence-corrected chi connectivity index (χ4v) is 6.87. The molecule has 0 bridgehead atoms. The molecular weight excluding hydrogens is 713 g/mol. The maximum atomic E-state index is 12.1. The van der Waals surface area contributed by atoms with Crippen LogP contribution >= 0.6 is 7.82 Å². The third-order valence-corrected chi connectivity index (χ3v) is 10.5. The molecule has 0 aromatic heterocycles. The Balaban J connectivity index is 3.61. The van der Waals surface area contributed by atoms with E-state index in [0.717, 1.165) is 70.6 Å². The third-order valence-electron chi connectivity index (χ3n) is 9.54. The average molecular weight is 798 g/mol. The maximum absolute atomic E-state index is 12.1. The van der Waals surface area contributed by atoms with E-state index in [1.54, 1.807) is 0 Å². The standard InChI is InChI=1S/C45H84NO8P/c1-3-5-7-9-11-13-15-17-19-21-22-24-26-28-30-32-34-36-38-45(49)52-41-43(47)42-54-55(50,51)53-40-39-46-44(48)37-35-33-31-29-27-25-23-20-18-16-14-12-10-8-6-4-2/h13,15,19-21,23,43,47H,3-12,14,16-18,22,24-42H2,1-2H3,(H,46,48)(H,50,51)/b15-13-,21-19-,23-20-. The Labute approximate surface area is 337 Å². The molecule has 0 saturated heterocycles. The largest absolute Gasteiger partial charge is 0.472 e. The van der Waals surface area contributed by atoms with Crippen LogP contribution in [0.2, 0.25) is 0 Å². The van der Waals surface area contributed by atoms with E-state index in [0.29, 0.717) is 6.42 Å². The van der Waals surface area contributed by atoms with Crippen LogP contribution in [0.1, 0.15) is 206 Å². The zero-order valence-electron chi connectivity index (χ0n) is 35.4. The summed E-state index contributed by atoms with van der Waals surface area (Å²) in [7, 11) is -4.42. The van der Waals surface area contributed by atoms with Crippen molar-refractivity contribution >= 4 is 19.7 Å². The van der Waals surface area contributed by atoms with Gasteiger partial charge in [-0.15, -0.1) is 0 Å². The van der Waals surface area contributed by atoms with E-state index in [1.165, 1.54) is 109 Å². The van der Waals surface area contributed by atoms with Crippen LogP contribution < -0.4 is 5.32 Å². The van der Waals surface area contributed by atoms with Crippen LogP contribution in [-0.4, -0.2) is 54.3 Å². The molecule has 0 aromatic rings. The summed E-state index contributed by atoms with van der Waals surface area (Å²) in [5, 5.41) is 12.7. The van der Waals surface area contributed by atoms with E-state index in [4.69, 9.17) is 13.8 Å². The van der Waals surface area contributed by atoms with E-state index in [-0.39, 0.29) is 32.1 Å². The average Bonchev–Trinajstić information content (AvgIpc) is 3.17. The van der Waals surface area contributed by atoms with Gasteiger partial charge in [-0.2, -0.15) is 0 Å². The van der Waals surface area contributed by atoms with Gasteiger partial charge in [-0.1, -0.05) is 159 Å². The van der Waals surface area contributed by atoms with E-state index >= 15 is 0 Å². The summed E-state index contributed by atoms with van der Waals surface area (Å²) < 4.78 is 26.9. The number of amides is 1. The third kappa shape index (κ3) is 43.2. The molecule has 0 saturated carbocycles. The second-order valence-electron chi connectivity index (χ2n) is 15.0. The number of phosphoric ester groups is 1. The molecule has 0 heterocycles. The summed E-state index contributed by atoms with van der Waals surface area (Å²) >= 11 is 0. The van der Waals surface area contributed by atoms with E-state index < -0.39 is 26.5 Å². The molecule has 0 radical (unpaired) electrons. The van der Waals surface area contributed by atoms with E-state index in [9.17, 15) is 24.2 Å². The number of aliphatic hydroxyl groups excluding tert-OH is 1. The Bertz CT molecular complexity index is 1000. The molecule has 1 amide bonds. The number of ether oxygens (including phenoxy) is 1. The van der Waals surface area contributed by atoms with Crippen molar-refractivity contribution in [2.45, 2.75) is 213 Å². The van der Waals surface area contributed by atoms with E-state index in [1.807, 2.05) is 0 Å². The highest BCUT2D eigenvalue weighted by Gasteiger charge is 2.23. The van der Waals surface area contributed by atoms with Crippen molar-refractivity contribution in [2.24, 2.45) is 0 Å². The van der Waals surface area contributed by atoms with Crippen molar-refractivity contribution < 1.29 is 37.9 Å². The van der Waals surface area contributed by atoms with Gasteiger partial charge in [0.2, 0.25) is 5.91 Å². The molecule has 0 spiro atoms. The normalized spacial score (nSPS) is 13.6. The topological polar surface area (TPSA) is 131 Å². The number of carbonyl (C=O) groups excluding carboxylic acids is 2. The van der Waals surface area contributed by atoms with Crippen molar-refractivity contribution in [2.75, 3.05) is 26.4 Å². The van der Waals surface area contributed by atoms with Crippen LogP contribution in [0.5, 0.6) is 0 Å². The zero-order chi connectivity index (χ0) is 40.3. The van der Waals surface area contributed by atoms with Crippen LogP contribution in [-0.2, 0) is 27.9 Å². The summed E-state index contributed by atoms with van der Waals surface area (Å²) in [6.45, 7) is 3.53.